The van der Waals surface area contributed by atoms with Gasteiger partial charge in [0, 0.05) is 11.6 Å². The number of rotatable bonds is 7. The highest BCUT2D eigenvalue weighted by atomic mass is 35.5. The van der Waals surface area contributed by atoms with Gasteiger partial charge in [-0.1, -0.05) is 103 Å². The van der Waals surface area contributed by atoms with Crippen LogP contribution in [0.5, 0.6) is 0 Å². The van der Waals surface area contributed by atoms with E-state index in [0.29, 0.717) is 5.56 Å². The smallest absolute Gasteiger partial charge is 0.258 e. The molecule has 0 atom stereocenters. The van der Waals surface area contributed by atoms with Gasteiger partial charge in [-0.25, -0.2) is 0 Å². The minimum Gasteiger partial charge on any atom is -1.00 e. The molecule has 37 heavy (non-hydrogen) atoms. The van der Waals surface area contributed by atoms with Gasteiger partial charge in [-0.05, 0) is 54.1 Å². The van der Waals surface area contributed by atoms with Crippen LogP contribution in [-0.4, -0.2) is 5.91 Å². The van der Waals surface area contributed by atoms with Gasteiger partial charge in [0.05, 0.1) is 0 Å². The van der Waals surface area contributed by atoms with Gasteiger partial charge in [-0.15, -0.1) is 0 Å². The van der Waals surface area contributed by atoms with Crippen molar-refractivity contribution < 1.29 is 17.2 Å². The number of hydrogen-bond acceptors (Lipinski definition) is 1. The molecule has 0 spiro atoms. The zero-order valence-corrected chi connectivity index (χ0v) is 21.9. The lowest BCUT2D eigenvalue weighted by Crippen LogP contribution is -3.00. The van der Waals surface area contributed by atoms with Crippen LogP contribution in [0.25, 0.3) is 6.08 Å². The predicted octanol–water partition coefficient (Wildman–Crippen LogP) is 3.41. The van der Waals surface area contributed by atoms with Crippen LogP contribution in [0.2, 0.25) is 0 Å². The van der Waals surface area contributed by atoms with Gasteiger partial charge >= 0.3 is 0 Å². The molecule has 5 aromatic carbocycles. The summed E-state index contributed by atoms with van der Waals surface area (Å²) in [5.74, 6) is -0.120. The highest BCUT2D eigenvalue weighted by molar-refractivity contribution is 7.99. The third kappa shape index (κ3) is 5.57. The van der Waals surface area contributed by atoms with E-state index >= 15 is 0 Å². The summed E-state index contributed by atoms with van der Waals surface area (Å²) in [4.78, 5) is 13.7. The molecule has 1 amide bonds. The molecule has 5 rings (SSSR count). The Hall–Kier alpha value is -3.97. The first-order valence-electron chi connectivity index (χ1n) is 12.0. The van der Waals surface area contributed by atoms with Crippen LogP contribution in [0.1, 0.15) is 15.9 Å². The molecule has 0 saturated heterocycles. The number of halogens is 1. The highest BCUT2D eigenvalue weighted by Crippen LogP contribution is 2.61. The maximum Gasteiger partial charge on any atom is 0.258 e. The summed E-state index contributed by atoms with van der Waals surface area (Å²) in [6.45, 7) is 0. The maximum absolute atomic E-state index is 13.7. The number of nitrogens with one attached hydrogen (secondary N) is 1. The second kappa shape index (κ2) is 12.3. The molecule has 0 unspecified atom stereocenters. The van der Waals surface area contributed by atoms with Crippen molar-refractivity contribution >= 4 is 35.2 Å². The first-order valence-corrected chi connectivity index (χ1v) is 13.8. The van der Waals surface area contributed by atoms with E-state index in [4.69, 9.17) is 0 Å². The highest BCUT2D eigenvalue weighted by Gasteiger charge is 2.50. The molecule has 0 aliphatic carbocycles. The van der Waals surface area contributed by atoms with E-state index < -0.39 is 7.26 Å². The monoisotopic (exact) mass is 519 g/mol. The van der Waals surface area contributed by atoms with Crippen LogP contribution in [0, 0.1) is 0 Å². The van der Waals surface area contributed by atoms with Crippen LogP contribution < -0.4 is 33.6 Å². The van der Waals surface area contributed by atoms with Gasteiger partial charge in [0.25, 0.3) is 5.91 Å². The third-order valence-corrected chi connectivity index (χ3v) is 10.4. The van der Waals surface area contributed by atoms with E-state index in [-0.39, 0.29) is 18.3 Å². The molecule has 0 saturated carbocycles. The molecule has 182 valence electrons. The summed E-state index contributed by atoms with van der Waals surface area (Å²) < 4.78 is 0. The SMILES string of the molecule is O=C(N/C(=C/c1ccccc1)[P+](c1ccccc1)(c1ccccc1)c1ccccc1)c1ccccc1.[Cl-]. The summed E-state index contributed by atoms with van der Waals surface area (Å²) in [6, 6.07) is 51.3. The molecule has 0 aromatic heterocycles. The number of carbonyl (C=O) groups excluding carboxylic acids is 1. The van der Waals surface area contributed by atoms with Crippen molar-refractivity contribution in [2.75, 3.05) is 0 Å². The van der Waals surface area contributed by atoms with E-state index in [1.54, 1.807) is 0 Å². The van der Waals surface area contributed by atoms with Crippen LogP contribution in [-0.2, 0) is 0 Å². The topological polar surface area (TPSA) is 29.1 Å². The number of carbonyl (C=O) groups is 1. The average molecular weight is 520 g/mol. The fourth-order valence-corrected chi connectivity index (χ4v) is 8.72. The Balaban J connectivity index is 0.00000320. The molecule has 2 nitrogen and oxygen atoms in total. The number of amides is 1. The van der Waals surface area contributed by atoms with Gasteiger partial charge < -0.3 is 12.4 Å². The van der Waals surface area contributed by atoms with E-state index in [0.717, 1.165) is 11.0 Å². The number of hydrogen-bond donors (Lipinski definition) is 1. The fourth-order valence-electron chi connectivity index (χ4n) is 4.52. The van der Waals surface area contributed by atoms with Crippen LogP contribution in [0.15, 0.2) is 157 Å². The van der Waals surface area contributed by atoms with Gasteiger partial charge in [0.2, 0.25) is 0 Å². The fraction of sp³-hybridized carbons (Fsp3) is 0. The molecule has 0 fully saturated rings. The summed E-state index contributed by atoms with van der Waals surface area (Å²) in [5, 5.41) is 6.93. The van der Waals surface area contributed by atoms with Crippen molar-refractivity contribution in [2.45, 2.75) is 0 Å². The molecule has 0 radical (unpaired) electrons. The Labute approximate surface area is 225 Å². The van der Waals surface area contributed by atoms with Crippen molar-refractivity contribution in [3.05, 3.63) is 168 Å². The van der Waals surface area contributed by atoms with Gasteiger partial charge in [-0.2, -0.15) is 0 Å². The van der Waals surface area contributed by atoms with Crippen molar-refractivity contribution in [1.29, 1.82) is 0 Å². The first-order chi connectivity index (χ1) is 17.8. The van der Waals surface area contributed by atoms with E-state index in [2.05, 4.69) is 96.3 Å². The maximum atomic E-state index is 13.7. The lowest BCUT2D eigenvalue weighted by Gasteiger charge is -2.29. The summed E-state index contributed by atoms with van der Waals surface area (Å²) >= 11 is 0. The summed E-state index contributed by atoms with van der Waals surface area (Å²) in [6.07, 6.45) is 2.14. The van der Waals surface area contributed by atoms with Gasteiger partial charge in [0.1, 0.15) is 15.9 Å². The molecule has 0 bridgehead atoms. The molecule has 4 heteroatoms. The summed E-state index contributed by atoms with van der Waals surface area (Å²) in [7, 11) is -2.47. The van der Waals surface area contributed by atoms with Gasteiger partial charge in [0.15, 0.2) is 12.7 Å². The Morgan fingerprint density at radius 2 is 0.865 bits per heavy atom. The van der Waals surface area contributed by atoms with Crippen LogP contribution in [0.3, 0.4) is 0 Å². The van der Waals surface area contributed by atoms with E-state index in [9.17, 15) is 4.79 Å². The van der Waals surface area contributed by atoms with Crippen molar-refractivity contribution in [1.82, 2.24) is 5.32 Å². The Bertz CT molecular complexity index is 1340. The second-order valence-electron chi connectivity index (χ2n) is 8.44. The van der Waals surface area contributed by atoms with Crippen molar-refractivity contribution in [3.8, 4) is 0 Å². The first kappa shape index (κ1) is 26.1. The molecule has 0 heterocycles. The second-order valence-corrected chi connectivity index (χ2v) is 11.8. The molecular formula is C33H27ClNOP. The minimum atomic E-state index is -2.47. The zero-order valence-electron chi connectivity index (χ0n) is 20.2. The van der Waals surface area contributed by atoms with Crippen LogP contribution >= 0.6 is 7.26 Å². The normalized spacial score (nSPS) is 11.3. The van der Waals surface area contributed by atoms with E-state index in [1.807, 2.05) is 66.7 Å². The Morgan fingerprint density at radius 3 is 1.27 bits per heavy atom. The molecule has 1 N–H and O–H groups in total. The lowest BCUT2D eigenvalue weighted by molar-refractivity contribution is -0.0000151. The van der Waals surface area contributed by atoms with Crippen LogP contribution in [0.4, 0.5) is 0 Å². The molecular weight excluding hydrogens is 493 g/mol. The lowest BCUT2D eigenvalue weighted by atomic mass is 10.2. The van der Waals surface area contributed by atoms with Crippen molar-refractivity contribution in [2.24, 2.45) is 0 Å². The number of benzene rings is 5. The third-order valence-electron chi connectivity index (χ3n) is 6.17. The Kier molecular flexibility index (Phi) is 8.69. The molecule has 0 aliphatic rings. The summed E-state index contributed by atoms with van der Waals surface area (Å²) in [5.41, 5.74) is 2.56. The largest absolute Gasteiger partial charge is 1.00 e. The minimum absolute atomic E-state index is 0. The van der Waals surface area contributed by atoms with E-state index in [1.165, 1.54) is 15.9 Å². The standard InChI is InChI=1S/C33H26NOP.ClH/c35-33(28-18-8-2-9-19-28)34-32(26-27-16-6-1-7-17-27)36(29-20-10-3-11-21-29,30-22-12-4-13-23-30)31-24-14-5-15-25-31;/h1-26H;1H/b32-26-;. The quantitative estimate of drug-likeness (QED) is 0.328. The molecule has 0 aliphatic heterocycles. The van der Waals surface area contributed by atoms with Gasteiger partial charge in [-0.3, -0.25) is 10.1 Å². The average Bonchev–Trinajstić information content (AvgIpc) is 2.96. The van der Waals surface area contributed by atoms with Crippen molar-refractivity contribution in [3.63, 3.8) is 0 Å². The Morgan fingerprint density at radius 1 is 0.514 bits per heavy atom. The molecule has 5 aromatic rings. The zero-order chi connectivity index (χ0) is 24.6. The predicted molar refractivity (Wildman–Crippen MR) is 153 cm³/mol.